The van der Waals surface area contributed by atoms with E-state index in [1.54, 1.807) is 0 Å². The van der Waals surface area contributed by atoms with Crippen molar-refractivity contribution in [2.75, 3.05) is 7.11 Å². The van der Waals surface area contributed by atoms with Crippen LogP contribution in [0.1, 0.15) is 10.4 Å². The summed E-state index contributed by atoms with van der Waals surface area (Å²) in [5, 5.41) is 0. The summed E-state index contributed by atoms with van der Waals surface area (Å²) in [5.74, 6) is -3.49. The zero-order valence-corrected chi connectivity index (χ0v) is 8.58. The molecule has 7 heteroatoms. The number of ether oxygens (including phenoxy) is 2. The van der Waals surface area contributed by atoms with E-state index in [4.69, 9.17) is 4.74 Å². The van der Waals surface area contributed by atoms with Crippen LogP contribution in [0.25, 0.3) is 0 Å². The number of alkyl halides is 3. The van der Waals surface area contributed by atoms with Crippen LogP contribution in [0.5, 0.6) is 5.75 Å². The Morgan fingerprint density at radius 2 is 1.65 bits per heavy atom. The molecule has 4 nitrogen and oxygen atoms in total. The molecule has 1 aromatic carbocycles. The lowest BCUT2D eigenvalue weighted by molar-refractivity contribution is -0.193. The molecule has 0 aliphatic carbocycles. The lowest BCUT2D eigenvalue weighted by atomic mass is 10.2. The van der Waals surface area contributed by atoms with Gasteiger partial charge in [0.15, 0.2) is 0 Å². The molecule has 0 saturated carbocycles. The topological polar surface area (TPSA) is 52.6 Å². The molecule has 0 N–H and O–H groups in total. The number of halogens is 3. The summed E-state index contributed by atoms with van der Waals surface area (Å²) < 4.78 is 43.8. The summed E-state index contributed by atoms with van der Waals surface area (Å²) >= 11 is 0. The maximum atomic E-state index is 11.8. The minimum atomic E-state index is -5.19. The van der Waals surface area contributed by atoms with Crippen molar-refractivity contribution in [3.05, 3.63) is 29.8 Å². The van der Waals surface area contributed by atoms with Crippen LogP contribution in [-0.4, -0.2) is 25.2 Å². The van der Waals surface area contributed by atoms with Gasteiger partial charge >= 0.3 is 18.1 Å². The van der Waals surface area contributed by atoms with Crippen molar-refractivity contribution in [2.24, 2.45) is 0 Å². The Balaban J connectivity index is 2.73. The highest BCUT2D eigenvalue weighted by molar-refractivity contribution is 5.98. The number of carbonyl (C=O) groups excluding carboxylic acids is 2. The van der Waals surface area contributed by atoms with Gasteiger partial charge in [0.25, 0.3) is 0 Å². The van der Waals surface area contributed by atoms with E-state index < -0.39 is 18.1 Å². The molecule has 0 bridgehead atoms. The van der Waals surface area contributed by atoms with Gasteiger partial charge in [-0.25, -0.2) is 9.59 Å². The highest BCUT2D eigenvalue weighted by atomic mass is 19.4. The highest BCUT2D eigenvalue weighted by Gasteiger charge is 2.42. The van der Waals surface area contributed by atoms with Crippen LogP contribution in [0.2, 0.25) is 0 Å². The molecular weight excluding hydrogens is 241 g/mol. The van der Waals surface area contributed by atoms with Gasteiger partial charge < -0.3 is 9.47 Å². The number of rotatable bonds is 2. The molecule has 0 spiro atoms. The average molecular weight is 248 g/mol. The molecule has 1 rings (SSSR count). The fourth-order valence-electron chi connectivity index (χ4n) is 0.928. The largest absolute Gasteiger partial charge is 0.497 e. The minimum Gasteiger partial charge on any atom is -0.497 e. The third-order valence-electron chi connectivity index (χ3n) is 1.74. The molecule has 0 aliphatic rings. The first-order valence-corrected chi connectivity index (χ1v) is 4.32. The maximum absolute atomic E-state index is 11.8. The van der Waals surface area contributed by atoms with Gasteiger partial charge in [-0.1, -0.05) is 0 Å². The fourth-order valence-corrected chi connectivity index (χ4v) is 0.928. The zero-order chi connectivity index (χ0) is 13.1. The summed E-state index contributed by atoms with van der Waals surface area (Å²) in [7, 11) is 1.39. The molecule has 0 aromatic heterocycles. The molecule has 17 heavy (non-hydrogen) atoms. The fraction of sp³-hybridized carbons (Fsp3) is 0.200. The summed E-state index contributed by atoms with van der Waals surface area (Å²) in [6.45, 7) is 0. The van der Waals surface area contributed by atoms with E-state index >= 15 is 0 Å². The van der Waals surface area contributed by atoms with Gasteiger partial charge in [-0.2, -0.15) is 13.2 Å². The number of hydrogen-bond acceptors (Lipinski definition) is 4. The standard InChI is InChI=1S/C10H7F3O4/c1-16-7-4-2-6(3-5-7)8(14)17-9(15)10(11,12)13/h2-5H,1H3. The number of hydrogen-bond donors (Lipinski definition) is 0. The van der Waals surface area contributed by atoms with E-state index in [1.807, 2.05) is 0 Å². The van der Waals surface area contributed by atoms with Crippen LogP contribution in [0.15, 0.2) is 24.3 Å². The van der Waals surface area contributed by atoms with Gasteiger partial charge in [0.1, 0.15) is 5.75 Å². The first-order chi connectivity index (χ1) is 7.84. The highest BCUT2D eigenvalue weighted by Crippen LogP contribution is 2.18. The average Bonchev–Trinajstić information content (AvgIpc) is 2.27. The van der Waals surface area contributed by atoms with Crippen LogP contribution >= 0.6 is 0 Å². The second-order valence-corrected chi connectivity index (χ2v) is 2.90. The maximum Gasteiger partial charge on any atom is 0.491 e. The molecule has 0 atom stereocenters. The van der Waals surface area contributed by atoms with E-state index in [0.29, 0.717) is 5.75 Å². The van der Waals surface area contributed by atoms with Gasteiger partial charge in [0, 0.05) is 0 Å². The lowest BCUT2D eigenvalue weighted by Crippen LogP contribution is -2.28. The number of carbonyl (C=O) groups is 2. The summed E-state index contributed by atoms with van der Waals surface area (Å²) in [6, 6.07) is 5.08. The molecular formula is C10H7F3O4. The smallest absolute Gasteiger partial charge is 0.491 e. The van der Waals surface area contributed by atoms with Gasteiger partial charge in [0.2, 0.25) is 0 Å². The molecule has 92 valence electrons. The van der Waals surface area contributed by atoms with E-state index in [-0.39, 0.29) is 5.56 Å². The third kappa shape index (κ3) is 3.47. The van der Waals surface area contributed by atoms with E-state index in [1.165, 1.54) is 31.4 Å². The van der Waals surface area contributed by atoms with Crippen LogP contribution in [0, 0.1) is 0 Å². The minimum absolute atomic E-state index is 0.177. The first-order valence-electron chi connectivity index (χ1n) is 4.32. The Morgan fingerprint density at radius 3 is 2.06 bits per heavy atom. The Morgan fingerprint density at radius 1 is 1.12 bits per heavy atom. The quantitative estimate of drug-likeness (QED) is 0.592. The van der Waals surface area contributed by atoms with Crippen molar-refractivity contribution in [3.63, 3.8) is 0 Å². The second-order valence-electron chi connectivity index (χ2n) is 2.90. The Labute approximate surface area is 93.9 Å². The predicted octanol–water partition coefficient (Wildman–Crippen LogP) is 1.94. The summed E-state index contributed by atoms with van der Waals surface area (Å²) in [6.07, 6.45) is -5.19. The van der Waals surface area contributed by atoms with Gasteiger partial charge in [0.05, 0.1) is 12.7 Å². The van der Waals surface area contributed by atoms with Crippen molar-refractivity contribution in [1.82, 2.24) is 0 Å². The molecule has 0 heterocycles. The summed E-state index contributed by atoms with van der Waals surface area (Å²) in [4.78, 5) is 21.5. The van der Waals surface area contributed by atoms with E-state index in [0.717, 1.165) is 0 Å². The van der Waals surface area contributed by atoms with Crippen LogP contribution in [0.3, 0.4) is 0 Å². The Kier molecular flexibility index (Phi) is 3.72. The molecule has 0 aliphatic heterocycles. The van der Waals surface area contributed by atoms with E-state index in [9.17, 15) is 22.8 Å². The first kappa shape index (κ1) is 13.0. The van der Waals surface area contributed by atoms with Gasteiger partial charge in [-0.3, -0.25) is 0 Å². The lowest BCUT2D eigenvalue weighted by Gasteiger charge is -2.05. The second kappa shape index (κ2) is 4.86. The van der Waals surface area contributed by atoms with Gasteiger partial charge in [-0.05, 0) is 24.3 Å². The van der Waals surface area contributed by atoms with Crippen LogP contribution in [0.4, 0.5) is 13.2 Å². The summed E-state index contributed by atoms with van der Waals surface area (Å²) in [5.41, 5.74) is -0.177. The van der Waals surface area contributed by atoms with Crippen molar-refractivity contribution < 1.29 is 32.2 Å². The van der Waals surface area contributed by atoms with Crippen molar-refractivity contribution in [2.45, 2.75) is 6.18 Å². The molecule has 0 saturated heterocycles. The van der Waals surface area contributed by atoms with Gasteiger partial charge in [-0.15, -0.1) is 0 Å². The zero-order valence-electron chi connectivity index (χ0n) is 8.58. The number of methoxy groups -OCH3 is 1. The van der Waals surface area contributed by atoms with Crippen LogP contribution < -0.4 is 4.74 Å². The van der Waals surface area contributed by atoms with Crippen molar-refractivity contribution >= 4 is 11.9 Å². The van der Waals surface area contributed by atoms with Crippen molar-refractivity contribution in [1.29, 1.82) is 0 Å². The monoisotopic (exact) mass is 248 g/mol. The van der Waals surface area contributed by atoms with Crippen molar-refractivity contribution in [3.8, 4) is 5.75 Å². The Hall–Kier alpha value is -2.05. The number of benzene rings is 1. The van der Waals surface area contributed by atoms with E-state index in [2.05, 4.69) is 4.74 Å². The molecule has 0 radical (unpaired) electrons. The molecule has 0 amide bonds. The molecule has 0 unspecified atom stereocenters. The molecule has 1 aromatic rings. The predicted molar refractivity (Wildman–Crippen MR) is 49.5 cm³/mol. The third-order valence-corrected chi connectivity index (χ3v) is 1.74. The molecule has 0 fully saturated rings. The Bertz CT molecular complexity index is 422. The number of esters is 2. The van der Waals surface area contributed by atoms with Crippen LogP contribution in [-0.2, 0) is 9.53 Å². The SMILES string of the molecule is COc1ccc(C(=O)OC(=O)C(F)(F)F)cc1. The normalized spacial score (nSPS) is 10.8.